The molecule has 0 bridgehead atoms. The number of H-pyrrole nitrogens is 1. The van der Waals surface area contributed by atoms with E-state index in [0.717, 1.165) is 21.6 Å². The first-order chi connectivity index (χ1) is 15.4. The van der Waals surface area contributed by atoms with Gasteiger partial charge in [0.15, 0.2) is 11.0 Å². The maximum Gasteiger partial charge on any atom is 0.333 e. The first-order valence-electron chi connectivity index (χ1n) is 9.18. The quantitative estimate of drug-likeness (QED) is 0.342. The molecule has 4 aromatic rings. The molecule has 0 saturated carbocycles. The Morgan fingerprint density at radius 3 is 2.44 bits per heavy atom. The van der Waals surface area contributed by atoms with Gasteiger partial charge in [-0.05, 0) is 54.6 Å². The molecule has 0 saturated heterocycles. The number of urea groups is 1. The van der Waals surface area contributed by atoms with Crippen LogP contribution in [0.4, 0.5) is 16.2 Å². The second-order valence-electron chi connectivity index (χ2n) is 6.51. The van der Waals surface area contributed by atoms with Crippen molar-refractivity contribution in [3.05, 3.63) is 79.8 Å². The summed E-state index contributed by atoms with van der Waals surface area (Å²) in [7, 11) is -0.00410. The van der Waals surface area contributed by atoms with E-state index in [4.69, 9.17) is 11.6 Å². The summed E-state index contributed by atoms with van der Waals surface area (Å²) in [6.07, 6.45) is 0. The van der Waals surface area contributed by atoms with Crippen LogP contribution in [0.15, 0.2) is 68.4 Å². The van der Waals surface area contributed by atoms with Gasteiger partial charge in [-0.3, -0.25) is 9.52 Å². The van der Waals surface area contributed by atoms with Gasteiger partial charge in [0.05, 0.1) is 20.9 Å². The fourth-order valence-corrected chi connectivity index (χ4v) is 5.11. The number of hydrogen-bond acceptors (Lipinski definition) is 6. The Bertz CT molecular complexity index is 1460. The van der Waals surface area contributed by atoms with Crippen LogP contribution >= 0.6 is 22.9 Å². The molecular formula is C20H16ClN5O4S2. The van der Waals surface area contributed by atoms with Gasteiger partial charge in [0.1, 0.15) is 4.21 Å². The normalized spacial score (nSPS) is 11.8. The molecule has 2 heterocycles. The van der Waals surface area contributed by atoms with Crippen molar-refractivity contribution in [2.45, 2.75) is 4.21 Å². The Balaban J connectivity index is 1.54. The lowest BCUT2D eigenvalue weighted by molar-refractivity contribution is 0.257. The third-order valence-electron chi connectivity index (χ3n) is 4.49. The summed E-state index contributed by atoms with van der Waals surface area (Å²) >= 11 is 6.91. The minimum atomic E-state index is -1.75. The van der Waals surface area contributed by atoms with Gasteiger partial charge in [-0.2, -0.15) is 0 Å². The molecule has 32 heavy (non-hydrogen) atoms. The van der Waals surface area contributed by atoms with Gasteiger partial charge in [-0.1, -0.05) is 11.6 Å². The molecule has 0 fully saturated rings. The predicted molar refractivity (Wildman–Crippen MR) is 128 cm³/mol. The number of nitrogens with one attached hydrogen (secondary N) is 4. The highest BCUT2D eigenvalue weighted by Gasteiger charge is 2.13. The van der Waals surface area contributed by atoms with Crippen LogP contribution in [0.5, 0.6) is 0 Å². The van der Waals surface area contributed by atoms with Crippen molar-refractivity contribution in [3.8, 4) is 5.69 Å². The molecule has 9 nitrogen and oxygen atoms in total. The lowest BCUT2D eigenvalue weighted by Crippen LogP contribution is -2.33. The predicted octanol–water partition coefficient (Wildman–Crippen LogP) is 3.28. The van der Waals surface area contributed by atoms with Crippen molar-refractivity contribution in [2.24, 2.45) is 0 Å². The SMILES string of the molecule is CNc1ccc2c(=O)n(-c3ccc(NC(=O)NS(=O)c4ccc(Cl)s4)cc3)c(=O)[nH]c2c1. The van der Waals surface area contributed by atoms with Crippen LogP contribution in [-0.2, 0) is 11.0 Å². The molecule has 4 rings (SSSR count). The third kappa shape index (κ3) is 4.44. The minimum absolute atomic E-state index is 0.332. The number of halogens is 1. The lowest BCUT2D eigenvalue weighted by atomic mass is 10.2. The second-order valence-corrected chi connectivity index (χ2v) is 9.67. The van der Waals surface area contributed by atoms with E-state index in [1.165, 1.54) is 24.3 Å². The van der Waals surface area contributed by atoms with E-state index in [1.54, 1.807) is 37.4 Å². The van der Waals surface area contributed by atoms with Crippen LogP contribution in [0.2, 0.25) is 4.34 Å². The Morgan fingerprint density at radius 2 is 1.78 bits per heavy atom. The highest BCUT2D eigenvalue weighted by atomic mass is 35.5. The molecule has 1 unspecified atom stereocenters. The summed E-state index contributed by atoms with van der Waals surface area (Å²) in [6, 6.07) is 13.6. The molecule has 0 spiro atoms. The van der Waals surface area contributed by atoms with Gasteiger partial charge < -0.3 is 15.6 Å². The van der Waals surface area contributed by atoms with E-state index in [2.05, 4.69) is 20.3 Å². The minimum Gasteiger partial charge on any atom is -0.388 e. The first kappa shape index (κ1) is 21.8. The number of benzene rings is 2. The number of nitrogens with zero attached hydrogens (tertiary/aromatic N) is 1. The summed E-state index contributed by atoms with van der Waals surface area (Å²) in [6.45, 7) is 0. The van der Waals surface area contributed by atoms with Crippen LogP contribution in [0.25, 0.3) is 16.6 Å². The highest BCUT2D eigenvalue weighted by molar-refractivity contribution is 7.86. The highest BCUT2D eigenvalue weighted by Crippen LogP contribution is 2.23. The zero-order valence-electron chi connectivity index (χ0n) is 16.5. The summed E-state index contributed by atoms with van der Waals surface area (Å²) < 4.78 is 16.3. The molecular weight excluding hydrogens is 474 g/mol. The van der Waals surface area contributed by atoms with Crippen molar-refractivity contribution in [1.82, 2.24) is 14.3 Å². The van der Waals surface area contributed by atoms with E-state index < -0.39 is 28.3 Å². The fourth-order valence-electron chi connectivity index (χ4n) is 2.99. The smallest absolute Gasteiger partial charge is 0.333 e. The average Bonchev–Trinajstić information content (AvgIpc) is 3.21. The number of aromatic nitrogens is 2. The average molecular weight is 490 g/mol. The molecule has 2 aromatic heterocycles. The summed E-state index contributed by atoms with van der Waals surface area (Å²) in [4.78, 5) is 40.2. The largest absolute Gasteiger partial charge is 0.388 e. The van der Waals surface area contributed by atoms with Crippen LogP contribution in [-0.4, -0.2) is 26.8 Å². The van der Waals surface area contributed by atoms with Crippen LogP contribution in [0.1, 0.15) is 0 Å². The van der Waals surface area contributed by atoms with Crippen molar-refractivity contribution in [1.29, 1.82) is 0 Å². The van der Waals surface area contributed by atoms with Crippen LogP contribution in [0.3, 0.4) is 0 Å². The van der Waals surface area contributed by atoms with Crippen LogP contribution in [0, 0.1) is 0 Å². The van der Waals surface area contributed by atoms with E-state index in [9.17, 15) is 18.6 Å². The first-order valence-corrected chi connectivity index (χ1v) is 11.5. The zero-order chi connectivity index (χ0) is 22.8. The van der Waals surface area contributed by atoms with Crippen LogP contribution < -0.4 is 26.6 Å². The number of anilines is 2. The van der Waals surface area contributed by atoms with Gasteiger partial charge in [0, 0.05) is 18.4 Å². The number of amides is 2. The van der Waals surface area contributed by atoms with Gasteiger partial charge in [-0.25, -0.2) is 18.4 Å². The Labute approximate surface area is 192 Å². The standard InChI is InChI=1S/C20H16ClN5O4S2/c1-22-12-4-7-14-15(10-12)24-20(29)26(18(14)27)13-5-2-11(3-6-13)23-19(28)25-32(30)17-9-8-16(21)31-17/h2-10,22H,1H3,(H,24,29)(H2,23,25,28). The molecule has 12 heteroatoms. The number of carbonyl (C=O) groups excluding carboxylic acids is 1. The maximum atomic E-state index is 12.9. The maximum absolute atomic E-state index is 12.9. The molecule has 1 atom stereocenters. The van der Waals surface area contributed by atoms with E-state index in [0.29, 0.717) is 30.8 Å². The molecule has 164 valence electrons. The molecule has 0 aliphatic heterocycles. The van der Waals surface area contributed by atoms with Crippen molar-refractivity contribution >= 4 is 62.2 Å². The number of aromatic amines is 1. The fraction of sp³-hybridized carbons (Fsp3) is 0.0500. The van der Waals surface area contributed by atoms with Crippen molar-refractivity contribution in [3.63, 3.8) is 0 Å². The number of thiophene rings is 1. The van der Waals surface area contributed by atoms with Gasteiger partial charge in [-0.15, -0.1) is 11.3 Å². The number of fused-ring (bicyclic) bond motifs is 1. The summed E-state index contributed by atoms with van der Waals surface area (Å²) in [5.74, 6) is 0. The molecule has 2 amide bonds. The van der Waals surface area contributed by atoms with E-state index in [-0.39, 0.29) is 0 Å². The summed E-state index contributed by atoms with van der Waals surface area (Å²) in [5, 5.41) is 5.86. The topological polar surface area (TPSA) is 125 Å². The third-order valence-corrected chi connectivity index (χ3v) is 7.09. The molecule has 0 aliphatic carbocycles. The Morgan fingerprint density at radius 1 is 1.06 bits per heavy atom. The van der Waals surface area contributed by atoms with Crippen molar-refractivity contribution in [2.75, 3.05) is 17.7 Å². The van der Waals surface area contributed by atoms with Gasteiger partial charge >= 0.3 is 11.7 Å². The van der Waals surface area contributed by atoms with E-state index >= 15 is 0 Å². The summed E-state index contributed by atoms with van der Waals surface area (Å²) in [5.41, 5.74) is 0.865. The number of carbonyl (C=O) groups is 1. The second kappa shape index (κ2) is 8.99. The zero-order valence-corrected chi connectivity index (χ0v) is 18.9. The monoisotopic (exact) mass is 489 g/mol. The van der Waals surface area contributed by atoms with E-state index in [1.807, 2.05) is 0 Å². The van der Waals surface area contributed by atoms with Gasteiger partial charge in [0.25, 0.3) is 5.56 Å². The number of hydrogen-bond donors (Lipinski definition) is 4. The Kier molecular flexibility index (Phi) is 6.12. The molecule has 0 aliphatic rings. The number of rotatable bonds is 5. The Hall–Kier alpha value is -3.41. The van der Waals surface area contributed by atoms with Gasteiger partial charge in [0.2, 0.25) is 0 Å². The molecule has 0 radical (unpaired) electrons. The van der Waals surface area contributed by atoms with Crippen molar-refractivity contribution < 1.29 is 9.00 Å². The molecule has 4 N–H and O–H groups in total. The lowest BCUT2D eigenvalue weighted by Gasteiger charge is -2.10. The molecule has 2 aromatic carbocycles.